The van der Waals surface area contributed by atoms with Crippen LogP contribution >= 0.6 is 80.7 Å². The van der Waals surface area contributed by atoms with Crippen LogP contribution in [0.25, 0.3) is 71.1 Å². The van der Waals surface area contributed by atoms with E-state index in [0.717, 1.165) is 105 Å². The number of methoxy groups -OCH3 is 1. The van der Waals surface area contributed by atoms with Crippen LogP contribution in [-0.4, -0.2) is 294 Å². The molecule has 138 heavy (non-hydrogen) atoms. The first kappa shape index (κ1) is 102. The average Bonchev–Trinajstić information content (AvgIpc) is 1.62. The second-order valence-electron chi connectivity index (χ2n) is 32.0. The van der Waals surface area contributed by atoms with Gasteiger partial charge < -0.3 is 77.3 Å². The number of carbonyl (C=O) groups excluding carboxylic acids is 8. The third-order valence-corrected chi connectivity index (χ3v) is 28.3. The summed E-state index contributed by atoms with van der Waals surface area (Å²) in [6.45, 7) is 27.8. The molecule has 3 aromatic carbocycles. The molecule has 4 aliphatic heterocycles. The van der Waals surface area contributed by atoms with Gasteiger partial charge in [0.15, 0.2) is 26.4 Å². The molecule has 4 saturated heterocycles. The number of morpholine rings is 1. The number of piperazine rings is 3. The lowest BCUT2D eigenvalue weighted by molar-refractivity contribution is -0.143. The summed E-state index contributed by atoms with van der Waals surface area (Å²) in [5, 5.41) is 13.9. The first-order valence-corrected chi connectivity index (χ1v) is 49.7. The predicted octanol–water partition coefficient (Wildman–Crippen LogP) is 11.1. The van der Waals surface area contributed by atoms with Gasteiger partial charge in [0.2, 0.25) is 41.2 Å². The molecule has 7 amide bonds. The molecule has 15 heterocycles. The van der Waals surface area contributed by atoms with Gasteiger partial charge in [0, 0.05) is 127 Å². The number of hydrogen-bond donors (Lipinski definition) is 1. The summed E-state index contributed by atoms with van der Waals surface area (Å²) < 4.78 is 65.6. The topological polar surface area (TPSA) is 439 Å². The van der Waals surface area contributed by atoms with Crippen molar-refractivity contribution in [2.75, 3.05) is 152 Å². The molecule has 39 nitrogen and oxygen atoms in total. The van der Waals surface area contributed by atoms with Crippen LogP contribution in [0.5, 0.6) is 23.5 Å². The summed E-state index contributed by atoms with van der Waals surface area (Å²) >= 11 is 9.06. The molecule has 0 radical (unpaired) electrons. The van der Waals surface area contributed by atoms with Crippen LogP contribution in [0, 0.1) is 55.4 Å². The van der Waals surface area contributed by atoms with Crippen molar-refractivity contribution >= 4 is 206 Å². The summed E-state index contributed by atoms with van der Waals surface area (Å²) in [5.41, 5.74) is 7.60. The zero-order chi connectivity index (χ0) is 98.4. The Bertz CT molecular complexity index is 6820. The van der Waals surface area contributed by atoms with Gasteiger partial charge in [-0.25, -0.2) is 39.1 Å². The van der Waals surface area contributed by atoms with Crippen molar-refractivity contribution in [2.45, 2.75) is 102 Å². The molecule has 730 valence electrons. The number of hydrogen-bond acceptors (Lipinski definition) is 35. The van der Waals surface area contributed by atoms with Gasteiger partial charge in [-0.2, -0.15) is 17.5 Å². The smallest absolute Gasteiger partial charge is 0.409 e. The Balaban J connectivity index is 0.000000142. The first-order valence-electron chi connectivity index (χ1n) is 44.3. The van der Waals surface area contributed by atoms with E-state index in [2.05, 4.69) is 42.2 Å². The summed E-state index contributed by atoms with van der Waals surface area (Å²) in [7, 11) is 1.32. The second kappa shape index (κ2) is 48.3. The quantitative estimate of drug-likeness (QED) is 0.0486. The number of carboxylic acid groups (broad SMARTS) is 1. The molecule has 11 aromatic heterocycles. The monoisotopic (exact) mass is 2020 g/mol. The Labute approximate surface area is 819 Å². The van der Waals surface area contributed by atoms with Crippen LogP contribution in [0.4, 0.5) is 9.59 Å². The van der Waals surface area contributed by atoms with Crippen LogP contribution in [-0.2, 0) is 72.1 Å². The molecule has 0 unspecified atom stereocenters. The maximum Gasteiger partial charge on any atom is 0.409 e. The van der Waals surface area contributed by atoms with Crippen molar-refractivity contribution < 1.29 is 86.2 Å². The zero-order valence-corrected chi connectivity index (χ0v) is 83.6. The van der Waals surface area contributed by atoms with E-state index in [4.69, 9.17) is 38.3 Å². The Hall–Kier alpha value is -13.1. The lowest BCUT2D eigenvalue weighted by Gasteiger charge is -2.34. The van der Waals surface area contributed by atoms with Crippen molar-refractivity contribution in [1.82, 2.24) is 83.6 Å². The Morgan fingerprint density at radius 1 is 0.377 bits per heavy atom. The number of nitrogens with zero attached hydrogens (tertiary/aromatic N) is 18. The Morgan fingerprint density at radius 2 is 0.674 bits per heavy atom. The van der Waals surface area contributed by atoms with E-state index in [0.29, 0.717) is 172 Å². The number of esters is 1. The normalized spacial score (nSPS) is 13.7. The van der Waals surface area contributed by atoms with E-state index in [1.807, 2.05) is 140 Å². The molecule has 0 atom stereocenters. The highest BCUT2D eigenvalue weighted by atomic mass is 32.1. The standard InChI is InChI=1S/C22H20N4O4S2.C18H23N3O4S.C17H22N4O4S.C14H17N3O3S.C11H12N2O3S.C10H10N2O3S/c27-19(13-25-21(29)15-5-1-3-7-17(15)31-25)23-9-11-24(12-10-23)20(28)14-26-22(30)16-6-2-4-8-18(16)32-26;1-2-25-18(24)20-12-10-19(11-13-20)16(22)8-5-9-21-17(23)14-6-3-4-7-15(14)26-21;1-4-24-17(23)21-7-5-20(6-8-21)13(22)10-25-15-14-11(2)9-12(3)18-16(14)26-19-15;1-9-7-10(2)15-14-12(9)13(16-21-14)20-8-11(18)17-3-5-19-6-4-17;1-6-4-7(2)12-11-9(6)10(13-17-11)16-5-8(14)15-3;1-5-3-6(2)11-10-8(5)9(12-16-10)15-4-7(13)14/h1-8H,9-14H2;3-4,6-7H,2,5,8-13H2,1H3;9H,4-8,10H2,1-3H3;7H,3-6,8H2,1-2H3;4H,5H2,1-3H3;3H,4H2,1-2H3,(H,13,14). The van der Waals surface area contributed by atoms with E-state index >= 15 is 0 Å². The number of fused-ring (bicyclic) bond motifs is 7. The molecule has 4 fully saturated rings. The molecule has 0 saturated carbocycles. The summed E-state index contributed by atoms with van der Waals surface area (Å²) in [6, 6.07) is 30.0. The lowest BCUT2D eigenvalue weighted by Crippen LogP contribution is -2.52. The second-order valence-corrected chi connectivity index (χ2v) is 38.2. The number of ether oxygens (including phenoxy) is 8. The predicted molar refractivity (Wildman–Crippen MR) is 528 cm³/mol. The number of aromatic nitrogens is 11. The molecule has 0 spiro atoms. The fourth-order valence-corrected chi connectivity index (χ4v) is 21.7. The average molecular weight is 2020 g/mol. The highest BCUT2D eigenvalue weighted by molar-refractivity contribution is 7.15. The van der Waals surface area contributed by atoms with Crippen LogP contribution in [0.1, 0.15) is 71.7 Å². The largest absolute Gasteiger partial charge is 0.479 e. The highest BCUT2D eigenvalue weighted by Gasteiger charge is 2.31. The fourth-order valence-electron chi connectivity index (χ4n) is 15.3. The van der Waals surface area contributed by atoms with E-state index in [1.54, 1.807) is 64.2 Å². The van der Waals surface area contributed by atoms with Crippen LogP contribution in [0.15, 0.2) is 111 Å². The SMILES string of the molecule is CCOC(=O)N1CCN(C(=O)CCCn2sc3ccccc3c2=O)CC1.CCOC(=O)N1CCN(C(=O)COc2nsc3nc(C)cc(C)c23)CC1.COC(=O)COc1nsc2nc(C)cc(C)c12.Cc1cc(C)c2c(OCC(=O)N3CCOCC3)nsc2n1.Cc1cc(C)c2c(OCC(=O)O)nsc2n1.O=C(Cn1sc2ccccc2c1=O)N1CCN(C(=O)Cn2sc3ccccc3c2=O)CC1. The van der Waals surface area contributed by atoms with Crippen molar-refractivity contribution in [3.8, 4) is 23.5 Å². The summed E-state index contributed by atoms with van der Waals surface area (Å²) in [6.07, 6.45) is 0.385. The number of pyridine rings is 4. The minimum absolute atomic E-state index is 0.00328. The number of rotatable bonds is 22. The number of aryl methyl sites for hydroxylation is 9. The van der Waals surface area contributed by atoms with E-state index in [9.17, 15) is 57.5 Å². The maximum atomic E-state index is 12.7. The first-order chi connectivity index (χ1) is 66.4. The van der Waals surface area contributed by atoms with Crippen LogP contribution in [0.3, 0.4) is 0 Å². The van der Waals surface area contributed by atoms with Crippen molar-refractivity contribution in [1.29, 1.82) is 0 Å². The third kappa shape index (κ3) is 26.2. The minimum Gasteiger partial charge on any atom is -0.479 e. The van der Waals surface area contributed by atoms with E-state index < -0.39 is 11.9 Å². The molecule has 0 aliphatic carbocycles. The molecule has 14 aromatic rings. The fraction of sp³-hybridized carbons (Fsp3) is 0.413. The van der Waals surface area contributed by atoms with Gasteiger partial charge in [0.05, 0.1) is 85.3 Å². The zero-order valence-electron chi connectivity index (χ0n) is 77.8. The van der Waals surface area contributed by atoms with Crippen molar-refractivity contribution in [3.05, 3.63) is 173 Å². The number of aliphatic carboxylic acids is 1. The number of amides is 7. The van der Waals surface area contributed by atoms with Gasteiger partial charge in [0.25, 0.3) is 28.5 Å². The molecule has 1 N–H and O–H groups in total. The molecular weight excluding hydrogens is 1920 g/mol. The van der Waals surface area contributed by atoms with Gasteiger partial charge in [-0.3, -0.25) is 50.2 Å². The maximum absolute atomic E-state index is 12.7. The summed E-state index contributed by atoms with van der Waals surface area (Å²) in [4.78, 5) is 177. The number of carbonyl (C=O) groups is 9. The molecule has 4 aliphatic rings. The molecule has 0 bridgehead atoms. The van der Waals surface area contributed by atoms with Gasteiger partial charge in [-0.15, -0.1) is 0 Å². The lowest BCUT2D eigenvalue weighted by atomic mass is 10.2. The Kier molecular flexibility index (Phi) is 35.8. The van der Waals surface area contributed by atoms with Crippen LogP contribution < -0.4 is 35.6 Å². The van der Waals surface area contributed by atoms with Crippen molar-refractivity contribution in [3.63, 3.8) is 0 Å². The van der Waals surface area contributed by atoms with Gasteiger partial charge in [-0.1, -0.05) is 71.0 Å². The molecule has 18 rings (SSSR count). The number of carboxylic acids is 1. The third-order valence-electron chi connectivity index (χ3n) is 22.1. The minimum atomic E-state index is -1.01. The van der Waals surface area contributed by atoms with Gasteiger partial charge in [-0.05, 0) is 205 Å². The van der Waals surface area contributed by atoms with Crippen molar-refractivity contribution in [2.24, 2.45) is 0 Å². The van der Waals surface area contributed by atoms with E-state index in [1.165, 1.54) is 95.8 Å². The van der Waals surface area contributed by atoms with Gasteiger partial charge >= 0.3 is 24.1 Å². The van der Waals surface area contributed by atoms with E-state index in [-0.39, 0.29) is 97.9 Å². The highest BCUT2D eigenvalue weighted by Crippen LogP contribution is 2.35. The number of benzene rings is 3. The molecular formula is C92H104N18O21S7. The molecule has 46 heteroatoms. The van der Waals surface area contributed by atoms with Gasteiger partial charge in [0.1, 0.15) is 32.4 Å². The van der Waals surface area contributed by atoms with Crippen LogP contribution in [0.2, 0.25) is 0 Å². The summed E-state index contributed by atoms with van der Waals surface area (Å²) in [5.74, 6) is -0.0316. The Morgan fingerprint density at radius 3 is 1.01 bits per heavy atom.